The van der Waals surface area contributed by atoms with E-state index in [1.807, 2.05) is 0 Å². The second-order valence-corrected chi connectivity index (χ2v) is 6.94. The monoisotopic (exact) mass is 327 g/mol. The first kappa shape index (κ1) is 16.7. The van der Waals surface area contributed by atoms with Crippen LogP contribution in [0.1, 0.15) is 52.7 Å². The number of ether oxygens (including phenoxy) is 1. The van der Waals surface area contributed by atoms with Gasteiger partial charge in [-0.05, 0) is 51.8 Å². The average Bonchev–Trinajstić information content (AvgIpc) is 2.34. The minimum Gasteiger partial charge on any atom is -0.369 e. The Morgan fingerprint density at radius 3 is 2.26 bits per heavy atom. The molecule has 3 heteroatoms. The van der Waals surface area contributed by atoms with E-state index in [4.69, 9.17) is 4.74 Å². The topological polar surface area (TPSA) is 21.3 Å². The van der Waals surface area contributed by atoms with Crippen LogP contribution >= 0.6 is 15.9 Å². The lowest BCUT2D eigenvalue weighted by molar-refractivity contribution is -0.00730. The predicted octanol–water partition coefficient (Wildman–Crippen LogP) is 4.69. The summed E-state index contributed by atoms with van der Waals surface area (Å²) >= 11 is 3.47. The highest BCUT2D eigenvalue weighted by molar-refractivity contribution is 9.10. The Kier molecular flexibility index (Phi) is 6.51. The quantitative estimate of drug-likeness (QED) is 0.818. The molecule has 2 atom stereocenters. The molecule has 0 aliphatic heterocycles. The van der Waals surface area contributed by atoms with Crippen molar-refractivity contribution in [1.82, 2.24) is 5.32 Å². The molecular formula is C16H26BrNO. The SMILES string of the molecule is CCC(C)OC(CNC(C)(C)C)c1ccc(Br)cc1. The number of hydrogen-bond donors (Lipinski definition) is 1. The molecule has 0 amide bonds. The summed E-state index contributed by atoms with van der Waals surface area (Å²) in [5.74, 6) is 0. The molecule has 1 rings (SSSR count). The Balaban J connectivity index is 2.76. The lowest BCUT2D eigenvalue weighted by Gasteiger charge is -2.27. The van der Waals surface area contributed by atoms with Crippen LogP contribution in [0.5, 0.6) is 0 Å². The molecule has 0 spiro atoms. The van der Waals surface area contributed by atoms with Crippen LogP contribution in [0.2, 0.25) is 0 Å². The first-order valence-corrected chi connectivity index (χ1v) is 7.77. The molecule has 0 aliphatic carbocycles. The van der Waals surface area contributed by atoms with Crippen LogP contribution in [0.15, 0.2) is 28.7 Å². The van der Waals surface area contributed by atoms with Crippen molar-refractivity contribution in [2.75, 3.05) is 6.54 Å². The number of rotatable bonds is 6. The van der Waals surface area contributed by atoms with Crippen molar-refractivity contribution in [3.63, 3.8) is 0 Å². The zero-order valence-corrected chi connectivity index (χ0v) is 14.3. The second-order valence-electron chi connectivity index (χ2n) is 6.03. The van der Waals surface area contributed by atoms with Crippen molar-refractivity contribution in [3.8, 4) is 0 Å². The smallest absolute Gasteiger partial charge is 0.0953 e. The maximum Gasteiger partial charge on any atom is 0.0953 e. The number of halogens is 1. The molecule has 108 valence electrons. The van der Waals surface area contributed by atoms with Crippen molar-refractivity contribution in [2.24, 2.45) is 0 Å². The molecule has 0 aromatic heterocycles. The average molecular weight is 328 g/mol. The highest BCUT2D eigenvalue weighted by Gasteiger charge is 2.18. The molecule has 1 aromatic carbocycles. The minimum atomic E-state index is 0.0993. The Morgan fingerprint density at radius 1 is 1.21 bits per heavy atom. The van der Waals surface area contributed by atoms with Crippen LogP contribution in [0.3, 0.4) is 0 Å². The lowest BCUT2D eigenvalue weighted by atomic mass is 10.1. The van der Waals surface area contributed by atoms with E-state index < -0.39 is 0 Å². The summed E-state index contributed by atoms with van der Waals surface area (Å²) in [5, 5.41) is 3.53. The Bertz CT molecular complexity index is 369. The van der Waals surface area contributed by atoms with Crippen molar-refractivity contribution < 1.29 is 4.74 Å². The summed E-state index contributed by atoms with van der Waals surface area (Å²) in [6.07, 6.45) is 1.40. The maximum absolute atomic E-state index is 6.14. The van der Waals surface area contributed by atoms with E-state index in [9.17, 15) is 0 Å². The molecular weight excluding hydrogens is 302 g/mol. The van der Waals surface area contributed by atoms with Crippen LogP contribution in [0.25, 0.3) is 0 Å². The number of benzene rings is 1. The van der Waals surface area contributed by atoms with Gasteiger partial charge in [-0.2, -0.15) is 0 Å². The van der Waals surface area contributed by atoms with Crippen molar-refractivity contribution in [2.45, 2.75) is 58.8 Å². The van der Waals surface area contributed by atoms with Gasteiger partial charge in [0.1, 0.15) is 0 Å². The molecule has 0 fully saturated rings. The Labute approximate surface area is 126 Å². The van der Waals surface area contributed by atoms with E-state index in [0.717, 1.165) is 17.4 Å². The number of hydrogen-bond acceptors (Lipinski definition) is 2. The molecule has 0 radical (unpaired) electrons. The van der Waals surface area contributed by atoms with Crippen LogP contribution in [0, 0.1) is 0 Å². The van der Waals surface area contributed by atoms with E-state index in [1.54, 1.807) is 0 Å². The summed E-state index contributed by atoms with van der Waals surface area (Å²) in [4.78, 5) is 0. The van der Waals surface area contributed by atoms with Gasteiger partial charge in [0.05, 0.1) is 12.2 Å². The first-order valence-electron chi connectivity index (χ1n) is 6.97. The second kappa shape index (κ2) is 7.41. The van der Waals surface area contributed by atoms with E-state index in [-0.39, 0.29) is 17.7 Å². The molecule has 0 aliphatic rings. The van der Waals surface area contributed by atoms with Gasteiger partial charge in [-0.15, -0.1) is 0 Å². The molecule has 1 aromatic rings. The summed E-state index contributed by atoms with van der Waals surface area (Å²) in [6.45, 7) is 11.6. The van der Waals surface area contributed by atoms with Gasteiger partial charge in [-0.25, -0.2) is 0 Å². The van der Waals surface area contributed by atoms with Crippen LogP contribution in [-0.2, 0) is 4.74 Å². The van der Waals surface area contributed by atoms with Gasteiger partial charge in [-0.1, -0.05) is 35.0 Å². The van der Waals surface area contributed by atoms with Gasteiger partial charge in [-0.3, -0.25) is 0 Å². The molecule has 0 saturated heterocycles. The Morgan fingerprint density at radius 2 is 1.79 bits per heavy atom. The fourth-order valence-corrected chi connectivity index (χ4v) is 1.96. The van der Waals surface area contributed by atoms with E-state index >= 15 is 0 Å². The third-order valence-corrected chi connectivity index (χ3v) is 3.56. The zero-order chi connectivity index (χ0) is 14.5. The normalized spacial score (nSPS) is 15.3. The molecule has 2 unspecified atom stereocenters. The van der Waals surface area contributed by atoms with Gasteiger partial charge in [0, 0.05) is 16.6 Å². The van der Waals surface area contributed by atoms with Crippen molar-refractivity contribution >= 4 is 15.9 Å². The number of nitrogens with one attached hydrogen (secondary N) is 1. The van der Waals surface area contributed by atoms with Crippen LogP contribution < -0.4 is 5.32 Å². The van der Waals surface area contributed by atoms with Gasteiger partial charge < -0.3 is 10.1 Å². The van der Waals surface area contributed by atoms with E-state index in [0.29, 0.717) is 0 Å². The third-order valence-electron chi connectivity index (χ3n) is 3.03. The van der Waals surface area contributed by atoms with E-state index in [2.05, 4.69) is 80.1 Å². The maximum atomic E-state index is 6.14. The highest BCUT2D eigenvalue weighted by atomic mass is 79.9. The van der Waals surface area contributed by atoms with Gasteiger partial charge in [0.2, 0.25) is 0 Å². The van der Waals surface area contributed by atoms with Crippen LogP contribution in [0.4, 0.5) is 0 Å². The summed E-state index contributed by atoms with van der Waals surface area (Å²) in [5.41, 5.74) is 1.33. The van der Waals surface area contributed by atoms with Crippen molar-refractivity contribution in [1.29, 1.82) is 0 Å². The van der Waals surface area contributed by atoms with E-state index in [1.165, 1.54) is 5.56 Å². The predicted molar refractivity (Wildman–Crippen MR) is 85.5 cm³/mol. The first-order chi connectivity index (χ1) is 8.81. The molecule has 0 heterocycles. The van der Waals surface area contributed by atoms with Crippen molar-refractivity contribution in [3.05, 3.63) is 34.3 Å². The zero-order valence-electron chi connectivity index (χ0n) is 12.7. The fraction of sp³-hybridized carbons (Fsp3) is 0.625. The molecule has 0 bridgehead atoms. The summed E-state index contributed by atoms with van der Waals surface area (Å²) < 4.78 is 7.24. The largest absolute Gasteiger partial charge is 0.369 e. The third kappa shape index (κ3) is 6.55. The molecule has 19 heavy (non-hydrogen) atoms. The van der Waals surface area contributed by atoms with Gasteiger partial charge in [0.15, 0.2) is 0 Å². The lowest BCUT2D eigenvalue weighted by Crippen LogP contribution is -2.39. The van der Waals surface area contributed by atoms with Gasteiger partial charge in [0.25, 0.3) is 0 Å². The highest BCUT2D eigenvalue weighted by Crippen LogP contribution is 2.22. The molecule has 2 nitrogen and oxygen atoms in total. The summed E-state index contributed by atoms with van der Waals surface area (Å²) in [6, 6.07) is 8.39. The molecule has 0 saturated carbocycles. The minimum absolute atomic E-state index is 0.0993. The standard InChI is InChI=1S/C16H26BrNO/c1-6-12(2)19-15(11-18-16(3,4)5)13-7-9-14(17)10-8-13/h7-10,12,15,18H,6,11H2,1-5H3. The van der Waals surface area contributed by atoms with Crippen LogP contribution in [-0.4, -0.2) is 18.2 Å². The molecule has 1 N–H and O–H groups in total. The van der Waals surface area contributed by atoms with Gasteiger partial charge >= 0.3 is 0 Å². The summed E-state index contributed by atoms with van der Waals surface area (Å²) in [7, 11) is 0. The Hall–Kier alpha value is -0.380. The fourth-order valence-electron chi connectivity index (χ4n) is 1.70.